The number of benzene rings is 5. The molecule has 6 aromatic rings. The number of nitrogens with zero attached hydrogens (tertiary/aromatic N) is 4. The molecule has 1 heterocycles. The molecule has 5 aromatic carbocycles. The molecule has 6 heteroatoms. The van der Waals surface area contributed by atoms with Crippen LogP contribution in [0.4, 0.5) is 0 Å². The first kappa shape index (κ1) is 29.5. The Kier molecular flexibility index (Phi) is 9.02. The lowest BCUT2D eigenvalue weighted by molar-refractivity contribution is -0.144. The molecule has 0 aliphatic rings. The van der Waals surface area contributed by atoms with E-state index < -0.39 is 17.6 Å². The van der Waals surface area contributed by atoms with Gasteiger partial charge in [0.2, 0.25) is 0 Å². The molecule has 45 heavy (non-hydrogen) atoms. The minimum absolute atomic E-state index is 0.170. The standard InChI is InChI=1S/C39H34N4O2/c1-2-45-38(44)35(41-37(30-18-8-3-9-19-30)31-20-10-4-11-21-31)28-36-40-29-43(42-36)39(32-22-12-5-13-23-32,33-24-14-6-15-25-33)34-26-16-7-17-27-34/h3-27,29,35H,2,28H2,1H3. The van der Waals surface area contributed by atoms with E-state index in [0.29, 0.717) is 11.5 Å². The van der Waals surface area contributed by atoms with Crippen molar-refractivity contribution in [3.63, 3.8) is 0 Å². The summed E-state index contributed by atoms with van der Waals surface area (Å²) in [5.41, 5.74) is 4.83. The molecule has 0 saturated carbocycles. The third kappa shape index (κ3) is 6.22. The fourth-order valence-electron chi connectivity index (χ4n) is 5.74. The van der Waals surface area contributed by atoms with E-state index in [1.54, 1.807) is 13.3 Å². The molecule has 0 fully saturated rings. The second-order valence-electron chi connectivity index (χ2n) is 10.6. The average Bonchev–Trinajstić information content (AvgIpc) is 3.58. The first-order valence-electron chi connectivity index (χ1n) is 15.1. The zero-order chi connectivity index (χ0) is 30.9. The van der Waals surface area contributed by atoms with Crippen LogP contribution in [0.5, 0.6) is 0 Å². The number of aliphatic imine (C=N–C) groups is 1. The number of esters is 1. The van der Waals surface area contributed by atoms with Gasteiger partial charge in [0.15, 0.2) is 11.9 Å². The second-order valence-corrected chi connectivity index (χ2v) is 10.6. The Hall–Kier alpha value is -5.62. The number of ether oxygens (including phenoxy) is 1. The molecule has 0 spiro atoms. The van der Waals surface area contributed by atoms with Crippen LogP contribution in [0.1, 0.15) is 40.6 Å². The van der Waals surface area contributed by atoms with Gasteiger partial charge in [-0.2, -0.15) is 5.10 Å². The highest BCUT2D eigenvalue weighted by molar-refractivity contribution is 6.13. The van der Waals surface area contributed by atoms with E-state index in [1.807, 2.05) is 120 Å². The second kappa shape index (κ2) is 13.8. The van der Waals surface area contributed by atoms with Gasteiger partial charge in [-0.05, 0) is 23.6 Å². The molecule has 0 N–H and O–H groups in total. The molecule has 0 saturated heterocycles. The maximum Gasteiger partial charge on any atom is 0.331 e. The predicted molar refractivity (Wildman–Crippen MR) is 177 cm³/mol. The maximum atomic E-state index is 13.4. The summed E-state index contributed by atoms with van der Waals surface area (Å²) >= 11 is 0. The van der Waals surface area contributed by atoms with Gasteiger partial charge in [0, 0.05) is 17.5 Å². The number of hydrogen-bond donors (Lipinski definition) is 0. The number of aromatic nitrogens is 3. The van der Waals surface area contributed by atoms with E-state index in [9.17, 15) is 4.79 Å². The van der Waals surface area contributed by atoms with Crippen molar-refractivity contribution < 1.29 is 9.53 Å². The molecule has 1 unspecified atom stereocenters. The van der Waals surface area contributed by atoms with E-state index in [1.165, 1.54) is 0 Å². The van der Waals surface area contributed by atoms with Crippen LogP contribution in [-0.2, 0) is 21.5 Å². The number of rotatable bonds is 11. The van der Waals surface area contributed by atoms with E-state index in [-0.39, 0.29) is 13.0 Å². The van der Waals surface area contributed by atoms with Crippen LogP contribution >= 0.6 is 0 Å². The Balaban J connectivity index is 1.47. The van der Waals surface area contributed by atoms with Crippen molar-refractivity contribution in [3.8, 4) is 0 Å². The topological polar surface area (TPSA) is 69.4 Å². The van der Waals surface area contributed by atoms with Crippen molar-refractivity contribution in [1.82, 2.24) is 14.8 Å². The van der Waals surface area contributed by atoms with Gasteiger partial charge in [-0.15, -0.1) is 0 Å². The molecular weight excluding hydrogens is 556 g/mol. The summed E-state index contributed by atoms with van der Waals surface area (Å²) < 4.78 is 7.43. The summed E-state index contributed by atoms with van der Waals surface area (Å²) in [5.74, 6) is 0.0723. The van der Waals surface area contributed by atoms with Crippen molar-refractivity contribution in [2.75, 3.05) is 6.61 Å². The zero-order valence-electron chi connectivity index (χ0n) is 25.1. The highest BCUT2D eigenvalue weighted by atomic mass is 16.5. The molecule has 222 valence electrons. The third-order valence-corrected chi connectivity index (χ3v) is 7.77. The van der Waals surface area contributed by atoms with Crippen LogP contribution in [-0.4, -0.2) is 39.1 Å². The lowest BCUT2D eigenvalue weighted by Gasteiger charge is -2.35. The fraction of sp³-hybridized carbons (Fsp3) is 0.128. The van der Waals surface area contributed by atoms with Crippen molar-refractivity contribution in [1.29, 1.82) is 0 Å². The van der Waals surface area contributed by atoms with Crippen molar-refractivity contribution >= 4 is 11.7 Å². The van der Waals surface area contributed by atoms with Crippen LogP contribution in [0.15, 0.2) is 163 Å². The molecule has 0 amide bonds. The molecule has 0 aliphatic carbocycles. The largest absolute Gasteiger partial charge is 0.464 e. The minimum Gasteiger partial charge on any atom is -0.464 e. The summed E-state index contributed by atoms with van der Waals surface area (Å²) in [5, 5.41) is 5.08. The first-order chi connectivity index (χ1) is 22.2. The van der Waals surface area contributed by atoms with Gasteiger partial charge in [-0.1, -0.05) is 152 Å². The molecule has 0 bridgehead atoms. The number of hydrogen-bond acceptors (Lipinski definition) is 5. The quantitative estimate of drug-likeness (QED) is 0.0915. The Morgan fingerprint density at radius 2 is 1.11 bits per heavy atom. The van der Waals surface area contributed by atoms with E-state index in [0.717, 1.165) is 27.8 Å². The van der Waals surface area contributed by atoms with Crippen LogP contribution < -0.4 is 0 Å². The monoisotopic (exact) mass is 590 g/mol. The molecule has 1 atom stereocenters. The maximum absolute atomic E-state index is 13.4. The van der Waals surface area contributed by atoms with Gasteiger partial charge >= 0.3 is 5.97 Å². The summed E-state index contributed by atoms with van der Waals surface area (Å²) in [6, 6.07) is 49.8. The van der Waals surface area contributed by atoms with Crippen LogP contribution in [0.2, 0.25) is 0 Å². The van der Waals surface area contributed by atoms with Crippen molar-refractivity contribution in [2.45, 2.75) is 24.9 Å². The minimum atomic E-state index is -0.851. The molecule has 0 aliphatic heterocycles. The van der Waals surface area contributed by atoms with E-state index in [2.05, 4.69) is 36.4 Å². The highest BCUT2D eigenvalue weighted by Gasteiger charge is 2.40. The van der Waals surface area contributed by atoms with Crippen molar-refractivity contribution in [3.05, 3.63) is 192 Å². The molecule has 6 nitrogen and oxygen atoms in total. The molecule has 6 rings (SSSR count). The van der Waals surface area contributed by atoms with Crippen molar-refractivity contribution in [2.24, 2.45) is 4.99 Å². The summed E-state index contributed by atoms with van der Waals surface area (Å²) in [6.45, 7) is 2.05. The van der Waals surface area contributed by atoms with Gasteiger partial charge in [0.25, 0.3) is 0 Å². The predicted octanol–water partition coefficient (Wildman–Crippen LogP) is 7.13. The molecule has 1 aromatic heterocycles. The SMILES string of the molecule is CCOC(=O)C(Cc1ncn(C(c2ccccc2)(c2ccccc2)c2ccccc2)n1)N=C(c1ccccc1)c1ccccc1. The smallest absolute Gasteiger partial charge is 0.331 e. The fourth-order valence-corrected chi connectivity index (χ4v) is 5.74. The Bertz CT molecular complexity index is 1700. The van der Waals surface area contributed by atoms with E-state index >= 15 is 0 Å². The zero-order valence-corrected chi connectivity index (χ0v) is 25.1. The summed E-state index contributed by atoms with van der Waals surface area (Å²) in [4.78, 5) is 23.2. The van der Waals surface area contributed by atoms with Gasteiger partial charge in [-0.3, -0.25) is 4.99 Å². The molecule has 0 radical (unpaired) electrons. The third-order valence-electron chi connectivity index (χ3n) is 7.77. The van der Waals surface area contributed by atoms with Gasteiger partial charge in [0.1, 0.15) is 11.9 Å². The Morgan fingerprint density at radius 1 is 0.689 bits per heavy atom. The number of carbonyl (C=O) groups excluding carboxylic acids is 1. The Labute approximate surface area is 263 Å². The number of carbonyl (C=O) groups is 1. The average molecular weight is 591 g/mol. The summed E-state index contributed by atoms with van der Waals surface area (Å²) in [6.07, 6.45) is 1.92. The lowest BCUT2D eigenvalue weighted by atomic mass is 9.77. The van der Waals surface area contributed by atoms with Gasteiger partial charge in [-0.25, -0.2) is 14.5 Å². The molecular formula is C39H34N4O2. The Morgan fingerprint density at radius 3 is 1.53 bits per heavy atom. The first-order valence-corrected chi connectivity index (χ1v) is 15.1. The van der Waals surface area contributed by atoms with Crippen LogP contribution in [0, 0.1) is 0 Å². The lowest BCUT2D eigenvalue weighted by Crippen LogP contribution is -2.38. The van der Waals surface area contributed by atoms with Crippen LogP contribution in [0.25, 0.3) is 0 Å². The normalized spacial score (nSPS) is 11.8. The van der Waals surface area contributed by atoms with Crippen LogP contribution in [0.3, 0.4) is 0 Å². The highest BCUT2D eigenvalue weighted by Crippen LogP contribution is 2.40. The summed E-state index contributed by atoms with van der Waals surface area (Å²) in [7, 11) is 0. The van der Waals surface area contributed by atoms with E-state index in [4.69, 9.17) is 19.8 Å². The van der Waals surface area contributed by atoms with Gasteiger partial charge in [0.05, 0.1) is 12.3 Å². The van der Waals surface area contributed by atoms with Gasteiger partial charge < -0.3 is 4.74 Å².